The SMILES string of the molecule is CC(C)(C)C1C=CC(CP)=C1C(P)(c1ccccn1)c1ccccn1. The van der Waals surface area contributed by atoms with E-state index in [4.69, 9.17) is 9.97 Å². The molecule has 4 heteroatoms. The first-order valence-electron chi connectivity index (χ1n) is 8.62. The van der Waals surface area contributed by atoms with Crippen LogP contribution in [0.2, 0.25) is 0 Å². The number of nitrogens with zero attached hydrogens (tertiary/aromatic N) is 2. The van der Waals surface area contributed by atoms with Gasteiger partial charge in [-0.05, 0) is 47.0 Å². The lowest BCUT2D eigenvalue weighted by Gasteiger charge is -2.39. The molecule has 0 fully saturated rings. The predicted molar refractivity (Wildman–Crippen MR) is 113 cm³/mol. The molecule has 0 saturated carbocycles. The summed E-state index contributed by atoms with van der Waals surface area (Å²) in [5.74, 6) is 0.338. The second kappa shape index (κ2) is 7.10. The summed E-state index contributed by atoms with van der Waals surface area (Å²) in [6.07, 6.45) is 9.29. The van der Waals surface area contributed by atoms with Crippen LogP contribution in [0.25, 0.3) is 0 Å². The van der Waals surface area contributed by atoms with Gasteiger partial charge >= 0.3 is 0 Å². The number of hydrogen-bond donors (Lipinski definition) is 0. The van der Waals surface area contributed by atoms with Crippen molar-refractivity contribution in [2.75, 3.05) is 6.16 Å². The highest BCUT2D eigenvalue weighted by Gasteiger charge is 2.45. The Labute approximate surface area is 155 Å². The Kier molecular flexibility index (Phi) is 5.24. The topological polar surface area (TPSA) is 25.8 Å². The van der Waals surface area contributed by atoms with Crippen molar-refractivity contribution >= 4 is 18.5 Å². The van der Waals surface area contributed by atoms with E-state index in [-0.39, 0.29) is 5.41 Å². The van der Waals surface area contributed by atoms with Crippen molar-refractivity contribution < 1.29 is 0 Å². The third-order valence-electron chi connectivity index (χ3n) is 4.86. The van der Waals surface area contributed by atoms with E-state index in [2.05, 4.69) is 75.7 Å². The summed E-state index contributed by atoms with van der Waals surface area (Å²) in [5.41, 5.74) is 4.90. The average Bonchev–Trinajstić information content (AvgIpc) is 3.07. The fraction of sp³-hybridized carbons (Fsp3) is 0.333. The second-order valence-corrected chi connectivity index (χ2v) is 8.86. The Morgan fingerprint density at radius 2 is 1.52 bits per heavy atom. The van der Waals surface area contributed by atoms with Crippen molar-refractivity contribution in [3.63, 3.8) is 0 Å². The molecular weight excluding hydrogens is 342 g/mol. The number of rotatable bonds is 4. The lowest BCUT2D eigenvalue weighted by atomic mass is 9.71. The highest BCUT2D eigenvalue weighted by molar-refractivity contribution is 7.19. The van der Waals surface area contributed by atoms with Gasteiger partial charge in [-0.3, -0.25) is 9.97 Å². The molecule has 1 aliphatic carbocycles. The van der Waals surface area contributed by atoms with Crippen LogP contribution in [-0.4, -0.2) is 16.1 Å². The van der Waals surface area contributed by atoms with Crippen molar-refractivity contribution in [2.24, 2.45) is 11.3 Å². The van der Waals surface area contributed by atoms with Crippen LogP contribution in [0.4, 0.5) is 0 Å². The second-order valence-electron chi connectivity index (χ2n) is 7.58. The molecule has 25 heavy (non-hydrogen) atoms. The van der Waals surface area contributed by atoms with E-state index in [1.165, 1.54) is 11.1 Å². The summed E-state index contributed by atoms with van der Waals surface area (Å²) in [5, 5.41) is -0.435. The zero-order valence-corrected chi connectivity index (χ0v) is 17.4. The van der Waals surface area contributed by atoms with Crippen LogP contribution >= 0.6 is 18.5 Å². The van der Waals surface area contributed by atoms with E-state index in [0.717, 1.165) is 17.5 Å². The first kappa shape index (κ1) is 18.4. The molecule has 2 aromatic rings. The van der Waals surface area contributed by atoms with Gasteiger partial charge in [-0.2, -0.15) is 0 Å². The summed E-state index contributed by atoms with van der Waals surface area (Å²) in [6.45, 7) is 6.90. The Balaban J connectivity index is 2.29. The molecule has 0 spiro atoms. The maximum Gasteiger partial charge on any atom is 0.0905 e. The lowest BCUT2D eigenvalue weighted by Crippen LogP contribution is -2.33. The fourth-order valence-corrected chi connectivity index (χ4v) is 4.66. The van der Waals surface area contributed by atoms with E-state index in [9.17, 15) is 0 Å². The smallest absolute Gasteiger partial charge is 0.0905 e. The van der Waals surface area contributed by atoms with Gasteiger partial charge in [0.25, 0.3) is 0 Å². The molecule has 2 nitrogen and oxygen atoms in total. The number of aromatic nitrogens is 2. The molecule has 3 atom stereocenters. The van der Waals surface area contributed by atoms with Gasteiger partial charge in [0.05, 0.1) is 16.5 Å². The molecule has 0 aromatic carbocycles. The summed E-state index contributed by atoms with van der Waals surface area (Å²) < 4.78 is 0. The van der Waals surface area contributed by atoms with Crippen molar-refractivity contribution in [1.29, 1.82) is 0 Å². The van der Waals surface area contributed by atoms with Gasteiger partial charge < -0.3 is 0 Å². The Hall–Kier alpha value is -1.36. The Bertz CT molecular complexity index is 750. The summed E-state index contributed by atoms with van der Waals surface area (Å²) in [7, 11) is 5.97. The summed E-state index contributed by atoms with van der Waals surface area (Å²) >= 11 is 0. The van der Waals surface area contributed by atoms with Crippen LogP contribution < -0.4 is 0 Å². The molecule has 1 aliphatic rings. The maximum atomic E-state index is 4.73. The van der Waals surface area contributed by atoms with Crippen LogP contribution in [0.5, 0.6) is 0 Å². The molecule has 0 bridgehead atoms. The van der Waals surface area contributed by atoms with Gasteiger partial charge in [0.2, 0.25) is 0 Å². The molecule has 0 amide bonds. The van der Waals surface area contributed by atoms with Crippen molar-refractivity contribution in [3.8, 4) is 0 Å². The third kappa shape index (κ3) is 3.35. The van der Waals surface area contributed by atoms with Crippen LogP contribution in [0, 0.1) is 11.3 Å². The molecule has 0 aliphatic heterocycles. The predicted octanol–water partition coefficient (Wildman–Crippen LogP) is 5.00. The van der Waals surface area contributed by atoms with Crippen molar-refractivity contribution in [1.82, 2.24) is 9.97 Å². The molecule has 130 valence electrons. The van der Waals surface area contributed by atoms with Crippen LogP contribution in [-0.2, 0) is 5.16 Å². The first-order valence-corrected chi connectivity index (χ1v) is 10.0. The molecule has 0 radical (unpaired) electrons. The molecule has 0 N–H and O–H groups in total. The first-order chi connectivity index (χ1) is 11.9. The van der Waals surface area contributed by atoms with Gasteiger partial charge in [-0.1, -0.05) is 45.1 Å². The minimum absolute atomic E-state index is 0.124. The molecule has 3 unspecified atom stereocenters. The van der Waals surface area contributed by atoms with Gasteiger partial charge in [0, 0.05) is 18.3 Å². The van der Waals surface area contributed by atoms with E-state index >= 15 is 0 Å². The normalized spacial score (nSPS) is 18.0. The zero-order valence-electron chi connectivity index (χ0n) is 15.1. The molecule has 0 saturated heterocycles. The van der Waals surface area contributed by atoms with Gasteiger partial charge in [0.1, 0.15) is 0 Å². The monoisotopic (exact) mass is 368 g/mol. The van der Waals surface area contributed by atoms with Crippen molar-refractivity contribution in [3.05, 3.63) is 83.5 Å². The van der Waals surface area contributed by atoms with Gasteiger partial charge in [-0.25, -0.2) is 0 Å². The Morgan fingerprint density at radius 3 is 1.92 bits per heavy atom. The van der Waals surface area contributed by atoms with Crippen LogP contribution in [0.3, 0.4) is 0 Å². The minimum Gasteiger partial charge on any atom is -0.260 e. The number of hydrogen-bond acceptors (Lipinski definition) is 2. The number of pyridine rings is 2. The largest absolute Gasteiger partial charge is 0.260 e. The highest BCUT2D eigenvalue weighted by Crippen LogP contribution is 2.54. The average molecular weight is 368 g/mol. The van der Waals surface area contributed by atoms with E-state index in [1.54, 1.807) is 0 Å². The quantitative estimate of drug-likeness (QED) is 0.710. The van der Waals surface area contributed by atoms with E-state index < -0.39 is 5.16 Å². The highest BCUT2D eigenvalue weighted by atomic mass is 31.0. The van der Waals surface area contributed by atoms with Crippen molar-refractivity contribution in [2.45, 2.75) is 25.9 Å². The van der Waals surface area contributed by atoms with E-state index in [1.807, 2.05) is 24.5 Å². The van der Waals surface area contributed by atoms with Gasteiger partial charge in [-0.15, -0.1) is 18.5 Å². The third-order valence-corrected chi connectivity index (χ3v) is 6.20. The lowest BCUT2D eigenvalue weighted by molar-refractivity contribution is 0.321. The fourth-order valence-electron chi connectivity index (χ4n) is 3.60. The minimum atomic E-state index is -0.435. The zero-order chi connectivity index (χ0) is 18.1. The Morgan fingerprint density at radius 1 is 0.960 bits per heavy atom. The maximum absolute atomic E-state index is 4.73. The van der Waals surface area contributed by atoms with Crippen LogP contribution in [0.1, 0.15) is 32.2 Å². The molecule has 2 heterocycles. The molecular formula is C21H26N2P2. The van der Waals surface area contributed by atoms with E-state index in [0.29, 0.717) is 5.92 Å². The standard InChI is InChI=1S/C21H26N2P2/c1-20(2,3)16-11-10-15(14-24)19(16)21(25,17-8-4-6-12-22-17)18-9-5-7-13-23-18/h4-13,16H,14,24-25H2,1-3H3. The summed E-state index contributed by atoms with van der Waals surface area (Å²) in [4.78, 5) is 9.45. The molecule has 2 aromatic heterocycles. The van der Waals surface area contributed by atoms with Gasteiger partial charge in [0.15, 0.2) is 0 Å². The number of allylic oxidation sites excluding steroid dienone is 4. The molecule has 3 rings (SSSR count). The van der Waals surface area contributed by atoms with Crippen LogP contribution in [0.15, 0.2) is 72.1 Å². The summed E-state index contributed by atoms with van der Waals surface area (Å²) in [6, 6.07) is 12.2.